The van der Waals surface area contributed by atoms with Crippen molar-refractivity contribution < 1.29 is 19.1 Å². The third kappa shape index (κ3) is 4.56. The van der Waals surface area contributed by atoms with Crippen molar-refractivity contribution >= 4 is 11.9 Å². The highest BCUT2D eigenvalue weighted by Gasteiger charge is 2.29. The van der Waals surface area contributed by atoms with E-state index < -0.39 is 11.9 Å². The van der Waals surface area contributed by atoms with Gasteiger partial charge in [-0.25, -0.2) is 9.59 Å². The average molecular weight is 425 g/mol. The summed E-state index contributed by atoms with van der Waals surface area (Å²) in [6, 6.07) is 21.1. The summed E-state index contributed by atoms with van der Waals surface area (Å²) in [5.74, 6) is 2.07. The molecular formula is C27H23NO4. The lowest BCUT2D eigenvalue weighted by Crippen LogP contribution is -2.23. The standard InChI is InChI=1S/C27H23NO4/c1-3-16-28(2)23-15-14-21-17-24(31-26(29)19-10-6-4-7-11-19)25(18-22(21)23)32-27(30)20-12-8-5-9-13-20/h1,4-13,17-18,23H,14-16H2,2H3. The number of rotatable bonds is 6. The number of hydrogen-bond acceptors (Lipinski definition) is 5. The smallest absolute Gasteiger partial charge is 0.343 e. The number of nitrogens with zero attached hydrogens (tertiary/aromatic N) is 1. The van der Waals surface area contributed by atoms with Crippen molar-refractivity contribution in [3.63, 3.8) is 0 Å². The minimum atomic E-state index is -0.519. The van der Waals surface area contributed by atoms with Gasteiger partial charge in [0.25, 0.3) is 0 Å². The van der Waals surface area contributed by atoms with E-state index in [2.05, 4.69) is 10.8 Å². The van der Waals surface area contributed by atoms with E-state index in [1.807, 2.05) is 19.2 Å². The van der Waals surface area contributed by atoms with Crippen LogP contribution in [0.3, 0.4) is 0 Å². The van der Waals surface area contributed by atoms with Crippen molar-refractivity contribution in [3.05, 3.63) is 95.1 Å². The summed E-state index contributed by atoms with van der Waals surface area (Å²) < 4.78 is 11.4. The van der Waals surface area contributed by atoms with Gasteiger partial charge in [0.1, 0.15) is 0 Å². The van der Waals surface area contributed by atoms with Crippen LogP contribution in [0.25, 0.3) is 0 Å². The van der Waals surface area contributed by atoms with E-state index in [1.54, 1.807) is 60.7 Å². The van der Waals surface area contributed by atoms with Crippen LogP contribution in [0.15, 0.2) is 72.8 Å². The molecule has 0 radical (unpaired) electrons. The summed E-state index contributed by atoms with van der Waals surface area (Å²) in [6.07, 6.45) is 7.19. The second-order valence-electron chi connectivity index (χ2n) is 7.68. The van der Waals surface area contributed by atoms with Crippen LogP contribution in [0.1, 0.15) is 44.3 Å². The number of benzene rings is 3. The molecule has 1 atom stereocenters. The molecule has 0 aromatic heterocycles. The zero-order chi connectivity index (χ0) is 22.5. The Labute approximate surface area is 187 Å². The number of carbonyl (C=O) groups is 2. The lowest BCUT2D eigenvalue weighted by atomic mass is 10.1. The molecule has 1 aliphatic carbocycles. The number of terminal acetylenes is 1. The Morgan fingerprint density at radius 2 is 1.47 bits per heavy atom. The van der Waals surface area contributed by atoms with Gasteiger partial charge in [-0.15, -0.1) is 6.42 Å². The van der Waals surface area contributed by atoms with Crippen molar-refractivity contribution in [1.82, 2.24) is 4.90 Å². The highest BCUT2D eigenvalue weighted by Crippen LogP contribution is 2.42. The summed E-state index contributed by atoms with van der Waals surface area (Å²) in [5, 5.41) is 0. The van der Waals surface area contributed by atoms with Gasteiger partial charge in [0.2, 0.25) is 0 Å². The molecule has 0 spiro atoms. The van der Waals surface area contributed by atoms with Crippen molar-refractivity contribution in [1.29, 1.82) is 0 Å². The van der Waals surface area contributed by atoms with E-state index in [4.69, 9.17) is 15.9 Å². The molecule has 1 unspecified atom stereocenters. The molecule has 0 amide bonds. The van der Waals surface area contributed by atoms with Gasteiger partial charge in [-0.1, -0.05) is 42.3 Å². The predicted octanol–water partition coefficient (Wildman–Crippen LogP) is 4.68. The molecule has 4 rings (SSSR count). The minimum Gasteiger partial charge on any atom is -0.419 e. The Morgan fingerprint density at radius 3 is 2.00 bits per heavy atom. The van der Waals surface area contributed by atoms with E-state index in [0.717, 1.165) is 24.0 Å². The SMILES string of the molecule is C#CCN(C)C1CCc2cc(OC(=O)c3ccccc3)c(OC(=O)c3ccccc3)cc21. The Hall–Kier alpha value is -3.88. The number of ether oxygens (including phenoxy) is 2. The van der Waals surface area contributed by atoms with Gasteiger partial charge in [-0.05, 0) is 67.4 Å². The Balaban J connectivity index is 1.69. The molecule has 0 saturated carbocycles. The summed E-state index contributed by atoms with van der Waals surface area (Å²) >= 11 is 0. The Bertz CT molecular complexity index is 1170. The highest BCUT2D eigenvalue weighted by molar-refractivity contribution is 5.93. The predicted molar refractivity (Wildman–Crippen MR) is 122 cm³/mol. The molecule has 0 bridgehead atoms. The minimum absolute atomic E-state index is 0.106. The average Bonchev–Trinajstić information content (AvgIpc) is 3.23. The fourth-order valence-electron chi connectivity index (χ4n) is 3.93. The lowest BCUT2D eigenvalue weighted by molar-refractivity contribution is 0.0682. The van der Waals surface area contributed by atoms with E-state index in [0.29, 0.717) is 17.7 Å². The number of fused-ring (bicyclic) bond motifs is 1. The van der Waals surface area contributed by atoms with Gasteiger partial charge < -0.3 is 9.47 Å². The van der Waals surface area contributed by atoms with Crippen LogP contribution in [-0.2, 0) is 6.42 Å². The monoisotopic (exact) mass is 425 g/mol. The van der Waals surface area contributed by atoms with Crippen LogP contribution in [0.5, 0.6) is 11.5 Å². The van der Waals surface area contributed by atoms with Crippen LogP contribution in [0.2, 0.25) is 0 Å². The number of hydrogen-bond donors (Lipinski definition) is 0. The maximum atomic E-state index is 12.7. The maximum absolute atomic E-state index is 12.7. The van der Waals surface area contributed by atoms with Crippen molar-refractivity contribution in [2.75, 3.05) is 13.6 Å². The second-order valence-corrected chi connectivity index (χ2v) is 7.68. The fourth-order valence-corrected chi connectivity index (χ4v) is 3.93. The lowest BCUT2D eigenvalue weighted by Gasteiger charge is -2.23. The Kier molecular flexibility index (Phi) is 6.34. The fraction of sp³-hybridized carbons (Fsp3) is 0.185. The molecule has 5 nitrogen and oxygen atoms in total. The summed E-state index contributed by atoms with van der Waals surface area (Å²) in [7, 11) is 1.97. The number of carbonyl (C=O) groups excluding carboxylic acids is 2. The van der Waals surface area contributed by atoms with Crippen molar-refractivity contribution in [2.24, 2.45) is 0 Å². The van der Waals surface area contributed by atoms with E-state index >= 15 is 0 Å². The van der Waals surface area contributed by atoms with Crippen LogP contribution in [-0.4, -0.2) is 30.4 Å². The molecule has 0 fully saturated rings. The van der Waals surface area contributed by atoms with Crippen LogP contribution >= 0.6 is 0 Å². The largest absolute Gasteiger partial charge is 0.419 e. The number of esters is 2. The third-order valence-corrected chi connectivity index (χ3v) is 5.55. The molecule has 32 heavy (non-hydrogen) atoms. The normalized spacial score (nSPS) is 14.5. The summed E-state index contributed by atoms with van der Waals surface area (Å²) in [5.41, 5.74) is 2.90. The van der Waals surface area contributed by atoms with Gasteiger partial charge in [0, 0.05) is 6.04 Å². The molecule has 3 aromatic carbocycles. The quantitative estimate of drug-likeness (QED) is 0.326. The van der Waals surface area contributed by atoms with E-state index in [1.165, 1.54) is 0 Å². The van der Waals surface area contributed by atoms with Gasteiger partial charge in [0.05, 0.1) is 17.7 Å². The summed E-state index contributed by atoms with van der Waals surface area (Å²) in [4.78, 5) is 27.5. The number of aryl methyl sites for hydroxylation is 1. The van der Waals surface area contributed by atoms with Crippen LogP contribution in [0.4, 0.5) is 0 Å². The molecule has 3 aromatic rings. The molecule has 0 saturated heterocycles. The second kappa shape index (κ2) is 9.51. The van der Waals surface area contributed by atoms with Gasteiger partial charge in [0.15, 0.2) is 11.5 Å². The molecule has 5 heteroatoms. The zero-order valence-corrected chi connectivity index (χ0v) is 17.8. The van der Waals surface area contributed by atoms with E-state index in [-0.39, 0.29) is 17.5 Å². The third-order valence-electron chi connectivity index (χ3n) is 5.55. The van der Waals surface area contributed by atoms with Crippen molar-refractivity contribution in [3.8, 4) is 23.8 Å². The molecule has 160 valence electrons. The van der Waals surface area contributed by atoms with Crippen LogP contribution in [0, 0.1) is 12.3 Å². The van der Waals surface area contributed by atoms with E-state index in [9.17, 15) is 9.59 Å². The molecule has 0 heterocycles. The first-order valence-electron chi connectivity index (χ1n) is 10.4. The molecular weight excluding hydrogens is 402 g/mol. The zero-order valence-electron chi connectivity index (χ0n) is 17.8. The Morgan fingerprint density at radius 1 is 0.938 bits per heavy atom. The molecule has 0 N–H and O–H groups in total. The first kappa shape index (κ1) is 21.4. The molecule has 1 aliphatic rings. The van der Waals surface area contributed by atoms with Gasteiger partial charge >= 0.3 is 11.9 Å². The summed E-state index contributed by atoms with van der Waals surface area (Å²) in [6.45, 7) is 0.508. The van der Waals surface area contributed by atoms with Gasteiger partial charge in [-0.2, -0.15) is 0 Å². The van der Waals surface area contributed by atoms with Crippen molar-refractivity contribution in [2.45, 2.75) is 18.9 Å². The first-order valence-corrected chi connectivity index (χ1v) is 10.4. The first-order chi connectivity index (χ1) is 15.6. The highest BCUT2D eigenvalue weighted by atomic mass is 16.6. The van der Waals surface area contributed by atoms with Gasteiger partial charge in [-0.3, -0.25) is 4.90 Å². The van der Waals surface area contributed by atoms with Crippen LogP contribution < -0.4 is 9.47 Å². The maximum Gasteiger partial charge on any atom is 0.343 e. The molecule has 0 aliphatic heterocycles. The topological polar surface area (TPSA) is 55.8 Å².